The summed E-state index contributed by atoms with van der Waals surface area (Å²) < 4.78 is 0. The van der Waals surface area contributed by atoms with E-state index in [9.17, 15) is 9.59 Å². The number of hydrogen-bond acceptors (Lipinski definition) is 4. The Morgan fingerprint density at radius 2 is 2.00 bits per heavy atom. The lowest BCUT2D eigenvalue weighted by molar-refractivity contribution is 0.0689. The summed E-state index contributed by atoms with van der Waals surface area (Å²) in [6, 6.07) is 6.12. The van der Waals surface area contributed by atoms with Crippen LogP contribution in [-0.4, -0.2) is 27.0 Å². The van der Waals surface area contributed by atoms with Gasteiger partial charge in [-0.1, -0.05) is 6.07 Å². The van der Waals surface area contributed by atoms with Gasteiger partial charge in [0.25, 0.3) is 5.91 Å². The highest BCUT2D eigenvalue weighted by molar-refractivity contribution is 6.03. The van der Waals surface area contributed by atoms with E-state index in [1.807, 2.05) is 6.07 Å². The van der Waals surface area contributed by atoms with Crippen LogP contribution in [-0.2, 0) is 0 Å². The average Bonchev–Trinajstić information content (AvgIpc) is 2.48. The van der Waals surface area contributed by atoms with Crippen LogP contribution in [0.1, 0.15) is 39.4 Å². The molecule has 0 bridgehead atoms. The molecule has 6 nitrogen and oxygen atoms in total. The maximum Gasteiger partial charge on any atom is 0.338 e. The average molecular weight is 271 g/mol. The zero-order chi connectivity index (χ0) is 14.5. The minimum Gasteiger partial charge on any atom is -0.478 e. The molecule has 2 aromatic rings. The molecule has 0 saturated heterocycles. The second-order valence-electron chi connectivity index (χ2n) is 4.19. The van der Waals surface area contributed by atoms with E-state index in [4.69, 9.17) is 5.11 Å². The summed E-state index contributed by atoms with van der Waals surface area (Å²) in [5.74, 6) is -1.71. The molecule has 20 heavy (non-hydrogen) atoms. The van der Waals surface area contributed by atoms with Gasteiger partial charge >= 0.3 is 5.97 Å². The van der Waals surface area contributed by atoms with Crippen LogP contribution in [0.4, 0.5) is 0 Å². The number of nitrogens with one attached hydrogen (secondary N) is 1. The van der Waals surface area contributed by atoms with Crippen LogP contribution in [0.25, 0.3) is 0 Å². The van der Waals surface area contributed by atoms with Crippen LogP contribution in [0.3, 0.4) is 0 Å². The van der Waals surface area contributed by atoms with Gasteiger partial charge in [0.15, 0.2) is 0 Å². The van der Waals surface area contributed by atoms with Crippen molar-refractivity contribution in [2.75, 3.05) is 0 Å². The van der Waals surface area contributed by atoms with Crippen LogP contribution in [0.15, 0.2) is 42.9 Å². The summed E-state index contributed by atoms with van der Waals surface area (Å²) in [5.41, 5.74) is 0.604. The van der Waals surface area contributed by atoms with Gasteiger partial charge in [0.1, 0.15) is 5.69 Å². The first-order valence-corrected chi connectivity index (χ1v) is 5.98. The largest absolute Gasteiger partial charge is 0.478 e. The molecule has 2 rings (SSSR count). The molecular weight excluding hydrogens is 258 g/mol. The number of carbonyl (C=O) groups excluding carboxylic acids is 1. The molecule has 0 unspecified atom stereocenters. The third kappa shape index (κ3) is 2.97. The van der Waals surface area contributed by atoms with E-state index < -0.39 is 11.9 Å². The van der Waals surface area contributed by atoms with Crippen molar-refractivity contribution in [3.8, 4) is 0 Å². The Kier molecular flexibility index (Phi) is 4.05. The lowest BCUT2D eigenvalue weighted by Gasteiger charge is -2.14. The van der Waals surface area contributed by atoms with Crippen molar-refractivity contribution in [2.24, 2.45) is 0 Å². The molecule has 1 atom stereocenters. The van der Waals surface area contributed by atoms with Crippen LogP contribution in [0, 0.1) is 0 Å². The number of aromatic nitrogens is 2. The fraction of sp³-hybridized carbons (Fsp3) is 0.143. The Morgan fingerprint density at radius 1 is 1.25 bits per heavy atom. The van der Waals surface area contributed by atoms with Crippen LogP contribution < -0.4 is 5.32 Å². The number of hydrogen-bond donors (Lipinski definition) is 2. The van der Waals surface area contributed by atoms with Gasteiger partial charge in [-0.3, -0.25) is 14.8 Å². The van der Waals surface area contributed by atoms with Crippen molar-refractivity contribution in [1.29, 1.82) is 0 Å². The predicted molar refractivity (Wildman–Crippen MR) is 71.3 cm³/mol. The fourth-order valence-electron chi connectivity index (χ4n) is 1.74. The van der Waals surface area contributed by atoms with E-state index in [2.05, 4.69) is 15.3 Å². The topological polar surface area (TPSA) is 92.2 Å². The number of carboxylic acid groups (broad SMARTS) is 1. The second-order valence-corrected chi connectivity index (χ2v) is 4.19. The predicted octanol–water partition coefficient (Wildman–Crippen LogP) is 1.67. The van der Waals surface area contributed by atoms with Crippen LogP contribution in [0.5, 0.6) is 0 Å². The number of carboxylic acids is 1. The summed E-state index contributed by atoms with van der Waals surface area (Å²) in [6.07, 6.45) is 4.66. The van der Waals surface area contributed by atoms with Crippen LogP contribution >= 0.6 is 0 Å². The lowest BCUT2D eigenvalue weighted by atomic mass is 10.1. The number of nitrogens with zero attached hydrogens (tertiary/aromatic N) is 2. The molecule has 102 valence electrons. The Labute approximate surface area is 115 Å². The summed E-state index contributed by atoms with van der Waals surface area (Å²) in [5, 5.41) is 11.7. The highest BCUT2D eigenvalue weighted by atomic mass is 16.4. The zero-order valence-electron chi connectivity index (χ0n) is 10.8. The minimum absolute atomic E-state index is 0.101. The molecule has 0 saturated carbocycles. The number of carbonyl (C=O) groups is 2. The summed E-state index contributed by atoms with van der Waals surface area (Å²) >= 11 is 0. The van der Waals surface area contributed by atoms with Crippen molar-refractivity contribution >= 4 is 11.9 Å². The van der Waals surface area contributed by atoms with Gasteiger partial charge < -0.3 is 10.4 Å². The molecule has 0 aliphatic carbocycles. The molecule has 6 heteroatoms. The normalized spacial score (nSPS) is 11.7. The molecule has 0 radical (unpaired) electrons. The second kappa shape index (κ2) is 5.92. The van der Waals surface area contributed by atoms with E-state index in [0.717, 1.165) is 5.56 Å². The van der Waals surface area contributed by atoms with Gasteiger partial charge in [-0.15, -0.1) is 0 Å². The van der Waals surface area contributed by atoms with E-state index in [1.54, 1.807) is 25.4 Å². The van der Waals surface area contributed by atoms with Crippen molar-refractivity contribution < 1.29 is 14.7 Å². The van der Waals surface area contributed by atoms with E-state index in [-0.39, 0.29) is 17.3 Å². The summed E-state index contributed by atoms with van der Waals surface area (Å²) in [4.78, 5) is 31.0. The lowest BCUT2D eigenvalue weighted by Crippen LogP contribution is -2.29. The molecular formula is C14H13N3O3. The van der Waals surface area contributed by atoms with Gasteiger partial charge in [0.05, 0.1) is 11.6 Å². The molecule has 1 amide bonds. The SMILES string of the molecule is C[C@H](NC(=O)c1ncccc1C(=O)O)c1cccnc1. The van der Waals surface area contributed by atoms with Gasteiger partial charge in [-0.2, -0.15) is 0 Å². The summed E-state index contributed by atoms with van der Waals surface area (Å²) in [7, 11) is 0. The number of aromatic carboxylic acids is 1. The molecule has 0 spiro atoms. The smallest absolute Gasteiger partial charge is 0.338 e. The van der Waals surface area contributed by atoms with Crippen molar-refractivity contribution in [3.63, 3.8) is 0 Å². The molecule has 0 fully saturated rings. The third-order valence-corrected chi connectivity index (χ3v) is 2.79. The molecule has 0 aromatic carbocycles. The van der Waals surface area contributed by atoms with Gasteiger partial charge in [-0.05, 0) is 30.7 Å². The van der Waals surface area contributed by atoms with Gasteiger partial charge in [-0.25, -0.2) is 4.79 Å². The molecule has 2 aromatic heterocycles. The third-order valence-electron chi connectivity index (χ3n) is 2.79. The van der Waals surface area contributed by atoms with Gasteiger partial charge in [0.2, 0.25) is 0 Å². The molecule has 0 aliphatic heterocycles. The molecule has 2 N–H and O–H groups in total. The molecule has 2 heterocycles. The monoisotopic (exact) mass is 271 g/mol. The van der Waals surface area contributed by atoms with Crippen LogP contribution in [0.2, 0.25) is 0 Å². The van der Waals surface area contributed by atoms with E-state index >= 15 is 0 Å². The number of pyridine rings is 2. The quantitative estimate of drug-likeness (QED) is 0.882. The Bertz CT molecular complexity index is 629. The van der Waals surface area contributed by atoms with E-state index in [0.29, 0.717) is 0 Å². The Balaban J connectivity index is 2.19. The Morgan fingerprint density at radius 3 is 2.65 bits per heavy atom. The first-order valence-electron chi connectivity index (χ1n) is 5.98. The van der Waals surface area contributed by atoms with E-state index in [1.165, 1.54) is 18.3 Å². The number of rotatable bonds is 4. The maximum absolute atomic E-state index is 12.1. The maximum atomic E-state index is 12.1. The highest BCUT2D eigenvalue weighted by Gasteiger charge is 2.19. The van der Waals surface area contributed by atoms with Crippen molar-refractivity contribution in [2.45, 2.75) is 13.0 Å². The van der Waals surface area contributed by atoms with Crippen molar-refractivity contribution in [3.05, 3.63) is 59.7 Å². The molecule has 0 aliphatic rings. The zero-order valence-corrected chi connectivity index (χ0v) is 10.8. The number of amides is 1. The standard InChI is InChI=1S/C14H13N3O3/c1-9(10-4-2-6-15-8-10)17-13(18)12-11(14(19)20)5-3-7-16-12/h2-9H,1H3,(H,17,18)(H,19,20)/t9-/m0/s1. The fourth-order valence-corrected chi connectivity index (χ4v) is 1.74. The first-order chi connectivity index (χ1) is 9.59. The van der Waals surface area contributed by atoms with Gasteiger partial charge in [0, 0.05) is 18.6 Å². The first kappa shape index (κ1) is 13.7. The highest BCUT2D eigenvalue weighted by Crippen LogP contribution is 2.12. The summed E-state index contributed by atoms with van der Waals surface area (Å²) in [6.45, 7) is 1.79. The Hall–Kier alpha value is -2.76. The minimum atomic E-state index is -1.18. The van der Waals surface area contributed by atoms with Crippen molar-refractivity contribution in [1.82, 2.24) is 15.3 Å².